The van der Waals surface area contributed by atoms with E-state index < -0.39 is 11.9 Å². The fraction of sp³-hybridized carbons (Fsp3) is 0.846. The van der Waals surface area contributed by atoms with Gasteiger partial charge in [-0.2, -0.15) is 0 Å². The Labute approximate surface area is 113 Å². The van der Waals surface area contributed by atoms with E-state index >= 15 is 0 Å². The molecule has 2 amide bonds. The van der Waals surface area contributed by atoms with Crippen LogP contribution in [0.5, 0.6) is 0 Å². The molecule has 108 valence electrons. The lowest BCUT2D eigenvalue weighted by atomic mass is 9.75. The van der Waals surface area contributed by atoms with Crippen LogP contribution in [-0.2, 0) is 4.79 Å². The van der Waals surface area contributed by atoms with Crippen LogP contribution in [0.1, 0.15) is 25.7 Å². The van der Waals surface area contributed by atoms with Crippen LogP contribution >= 0.6 is 0 Å². The smallest absolute Gasteiger partial charge is 0.317 e. The lowest BCUT2D eigenvalue weighted by Crippen LogP contribution is -2.58. The van der Waals surface area contributed by atoms with Gasteiger partial charge in [-0.15, -0.1) is 0 Å². The van der Waals surface area contributed by atoms with E-state index in [1.165, 1.54) is 6.42 Å². The molecule has 19 heavy (non-hydrogen) atoms. The summed E-state index contributed by atoms with van der Waals surface area (Å²) >= 11 is 0. The molecule has 1 saturated heterocycles. The number of carboxylic acids is 1. The van der Waals surface area contributed by atoms with Crippen molar-refractivity contribution in [1.82, 2.24) is 15.1 Å². The molecule has 1 heterocycles. The van der Waals surface area contributed by atoms with E-state index in [2.05, 4.69) is 10.2 Å². The van der Waals surface area contributed by atoms with Gasteiger partial charge < -0.3 is 20.2 Å². The monoisotopic (exact) mass is 269 g/mol. The van der Waals surface area contributed by atoms with Crippen molar-refractivity contribution in [2.24, 2.45) is 5.92 Å². The molecule has 2 rings (SSSR count). The molecule has 1 saturated carbocycles. The molecule has 2 fully saturated rings. The highest BCUT2D eigenvalue weighted by Gasteiger charge is 2.40. The molecular formula is C13H23N3O3. The average molecular weight is 269 g/mol. The summed E-state index contributed by atoms with van der Waals surface area (Å²) in [7, 11) is 4.09. The molecule has 0 aromatic rings. The minimum atomic E-state index is -0.806. The largest absolute Gasteiger partial charge is 0.481 e. The van der Waals surface area contributed by atoms with Crippen LogP contribution in [0.3, 0.4) is 0 Å². The van der Waals surface area contributed by atoms with Crippen molar-refractivity contribution in [2.75, 3.05) is 33.7 Å². The van der Waals surface area contributed by atoms with Gasteiger partial charge in [-0.05, 0) is 39.8 Å². The van der Waals surface area contributed by atoms with Gasteiger partial charge in [-0.3, -0.25) is 4.79 Å². The molecule has 2 N–H and O–H groups in total. The number of carboxylic acid groups (broad SMARTS) is 1. The number of hydrogen-bond donors (Lipinski definition) is 2. The Hall–Kier alpha value is -1.30. The Morgan fingerprint density at radius 2 is 2.11 bits per heavy atom. The van der Waals surface area contributed by atoms with Gasteiger partial charge in [0.25, 0.3) is 0 Å². The van der Waals surface area contributed by atoms with Gasteiger partial charge >= 0.3 is 12.0 Å². The fourth-order valence-corrected chi connectivity index (χ4v) is 2.87. The Balaban J connectivity index is 1.81. The Bertz CT molecular complexity index is 366. The second-order valence-electron chi connectivity index (χ2n) is 5.90. The van der Waals surface area contributed by atoms with Crippen LogP contribution < -0.4 is 5.32 Å². The number of amides is 2. The highest BCUT2D eigenvalue weighted by atomic mass is 16.4. The zero-order valence-corrected chi connectivity index (χ0v) is 11.7. The third-order valence-electron chi connectivity index (χ3n) is 4.63. The van der Waals surface area contributed by atoms with Gasteiger partial charge in [0.05, 0.1) is 5.92 Å². The normalized spacial score (nSPS) is 25.2. The molecule has 0 bridgehead atoms. The first-order valence-electron chi connectivity index (χ1n) is 6.88. The van der Waals surface area contributed by atoms with Crippen LogP contribution in [0.15, 0.2) is 0 Å². The van der Waals surface area contributed by atoms with E-state index in [4.69, 9.17) is 5.11 Å². The average Bonchev–Trinajstić information content (AvgIpc) is 2.75. The van der Waals surface area contributed by atoms with E-state index in [9.17, 15) is 9.59 Å². The molecule has 1 aliphatic heterocycles. The minimum Gasteiger partial charge on any atom is -0.481 e. The maximum absolute atomic E-state index is 12.0. The summed E-state index contributed by atoms with van der Waals surface area (Å²) in [5.74, 6) is -1.21. The number of carbonyl (C=O) groups excluding carboxylic acids is 1. The second kappa shape index (κ2) is 5.36. The standard InChI is InChI=1S/C13H23N3O3/c1-15(2)13(5-3-6-13)9-14-12(19)16-7-4-10(8-16)11(17)18/h10H,3-9H2,1-2H3,(H,14,19)(H,17,18). The zero-order valence-electron chi connectivity index (χ0n) is 11.7. The molecule has 6 nitrogen and oxygen atoms in total. The molecule has 1 aliphatic carbocycles. The summed E-state index contributed by atoms with van der Waals surface area (Å²) in [6.07, 6.45) is 3.98. The number of urea groups is 1. The maximum atomic E-state index is 12.0. The molecule has 2 aliphatic rings. The first kappa shape index (κ1) is 14.1. The maximum Gasteiger partial charge on any atom is 0.317 e. The summed E-state index contributed by atoms with van der Waals surface area (Å²) < 4.78 is 0. The first-order chi connectivity index (χ1) is 8.94. The van der Waals surface area contributed by atoms with Gasteiger partial charge in [0.1, 0.15) is 0 Å². The highest BCUT2D eigenvalue weighted by Crippen LogP contribution is 2.35. The molecule has 0 radical (unpaired) electrons. The van der Waals surface area contributed by atoms with Gasteiger partial charge in [-0.25, -0.2) is 4.79 Å². The van der Waals surface area contributed by atoms with Crippen LogP contribution in [0.4, 0.5) is 4.79 Å². The summed E-state index contributed by atoms with van der Waals surface area (Å²) in [4.78, 5) is 26.7. The quantitative estimate of drug-likeness (QED) is 0.783. The topological polar surface area (TPSA) is 72.9 Å². The molecular weight excluding hydrogens is 246 g/mol. The van der Waals surface area contributed by atoms with E-state index in [1.807, 2.05) is 14.1 Å². The highest BCUT2D eigenvalue weighted by molar-refractivity contribution is 5.77. The first-order valence-corrected chi connectivity index (χ1v) is 6.88. The molecule has 1 unspecified atom stereocenters. The van der Waals surface area contributed by atoms with Crippen LogP contribution in [-0.4, -0.2) is 66.2 Å². The minimum absolute atomic E-state index is 0.0988. The van der Waals surface area contributed by atoms with Gasteiger partial charge in [0.15, 0.2) is 0 Å². The second-order valence-corrected chi connectivity index (χ2v) is 5.90. The summed E-state index contributed by atoms with van der Waals surface area (Å²) in [6, 6.07) is -0.128. The van der Waals surface area contributed by atoms with Crippen molar-refractivity contribution in [3.63, 3.8) is 0 Å². The van der Waals surface area contributed by atoms with E-state index in [0.29, 0.717) is 26.1 Å². The van der Waals surface area contributed by atoms with Crippen LogP contribution in [0.25, 0.3) is 0 Å². The molecule has 0 spiro atoms. The van der Waals surface area contributed by atoms with Crippen molar-refractivity contribution in [2.45, 2.75) is 31.2 Å². The third kappa shape index (κ3) is 2.83. The predicted octanol–water partition coefficient (Wildman–Crippen LogP) is 0.587. The number of rotatable bonds is 4. The Morgan fingerprint density at radius 1 is 1.42 bits per heavy atom. The fourth-order valence-electron chi connectivity index (χ4n) is 2.87. The number of carbonyl (C=O) groups is 2. The van der Waals surface area contributed by atoms with E-state index in [1.54, 1.807) is 4.90 Å². The van der Waals surface area contributed by atoms with E-state index in [0.717, 1.165) is 12.8 Å². The zero-order chi connectivity index (χ0) is 14.0. The molecule has 6 heteroatoms. The summed E-state index contributed by atoms with van der Waals surface area (Å²) in [6.45, 7) is 1.51. The lowest BCUT2D eigenvalue weighted by molar-refractivity contribution is -0.141. The van der Waals surface area contributed by atoms with Crippen LogP contribution in [0.2, 0.25) is 0 Å². The lowest BCUT2D eigenvalue weighted by Gasteiger charge is -2.47. The summed E-state index contributed by atoms with van der Waals surface area (Å²) in [5, 5.41) is 11.9. The van der Waals surface area contributed by atoms with Crippen molar-refractivity contribution < 1.29 is 14.7 Å². The number of likely N-dealkylation sites (N-methyl/N-ethyl adjacent to an activating group) is 1. The number of aliphatic carboxylic acids is 1. The van der Waals surface area contributed by atoms with Crippen molar-refractivity contribution >= 4 is 12.0 Å². The number of nitrogens with one attached hydrogen (secondary N) is 1. The predicted molar refractivity (Wildman–Crippen MR) is 71.0 cm³/mol. The number of likely N-dealkylation sites (tertiary alicyclic amines) is 1. The molecule has 0 aromatic carbocycles. The number of nitrogens with zero attached hydrogens (tertiary/aromatic N) is 2. The number of hydrogen-bond acceptors (Lipinski definition) is 3. The van der Waals surface area contributed by atoms with E-state index in [-0.39, 0.29) is 11.6 Å². The van der Waals surface area contributed by atoms with Crippen molar-refractivity contribution in [3.8, 4) is 0 Å². The third-order valence-corrected chi connectivity index (χ3v) is 4.63. The Kier molecular flexibility index (Phi) is 3.99. The van der Waals surface area contributed by atoms with Crippen LogP contribution in [0, 0.1) is 5.92 Å². The van der Waals surface area contributed by atoms with Gasteiger partial charge in [0, 0.05) is 25.2 Å². The van der Waals surface area contributed by atoms with Crippen molar-refractivity contribution in [3.05, 3.63) is 0 Å². The Morgan fingerprint density at radius 3 is 2.53 bits per heavy atom. The molecule has 0 aromatic heterocycles. The SMILES string of the molecule is CN(C)C1(CNC(=O)N2CCC(C(=O)O)C2)CCC1. The molecule has 1 atom stereocenters. The van der Waals surface area contributed by atoms with Gasteiger partial charge in [0.2, 0.25) is 0 Å². The summed E-state index contributed by atoms with van der Waals surface area (Å²) in [5.41, 5.74) is 0.0988. The van der Waals surface area contributed by atoms with Gasteiger partial charge in [-0.1, -0.05) is 0 Å². The van der Waals surface area contributed by atoms with Crippen molar-refractivity contribution in [1.29, 1.82) is 0 Å².